The van der Waals surface area contributed by atoms with E-state index in [1.165, 1.54) is 0 Å². The number of rotatable bonds is 5. The van der Waals surface area contributed by atoms with Gasteiger partial charge in [-0.05, 0) is 30.5 Å². The minimum atomic E-state index is 0.175. The van der Waals surface area contributed by atoms with E-state index in [1.807, 2.05) is 25.5 Å². The van der Waals surface area contributed by atoms with E-state index in [4.69, 9.17) is 17.3 Å². The van der Waals surface area contributed by atoms with Crippen LogP contribution in [0.2, 0.25) is 5.02 Å². The molecule has 2 aromatic rings. The molecule has 0 bridgehead atoms. The summed E-state index contributed by atoms with van der Waals surface area (Å²) in [6.07, 6.45) is 5.62. The molecule has 2 N–H and O–H groups in total. The third-order valence-electron chi connectivity index (χ3n) is 2.95. The monoisotopic (exact) mass is 295 g/mol. The van der Waals surface area contributed by atoms with Crippen molar-refractivity contribution in [2.24, 2.45) is 12.8 Å². The molecular weight excluding hydrogens is 278 g/mol. The lowest BCUT2D eigenvalue weighted by Gasteiger charge is -2.11. The molecule has 2 rings (SSSR count). The Bertz CT molecular complexity index is 553. The van der Waals surface area contributed by atoms with Gasteiger partial charge >= 0.3 is 0 Å². The van der Waals surface area contributed by atoms with Gasteiger partial charge in [0.1, 0.15) is 0 Å². The molecule has 5 heteroatoms. The summed E-state index contributed by atoms with van der Waals surface area (Å²) in [5.41, 5.74) is 7.08. The Morgan fingerprint density at radius 2 is 2.21 bits per heavy atom. The lowest BCUT2D eigenvalue weighted by Crippen LogP contribution is -2.21. The van der Waals surface area contributed by atoms with Crippen LogP contribution in [0.5, 0.6) is 0 Å². The largest absolute Gasteiger partial charge is 0.327 e. The average Bonchev–Trinajstić information content (AvgIpc) is 2.78. The summed E-state index contributed by atoms with van der Waals surface area (Å²) in [4.78, 5) is 2.23. The van der Waals surface area contributed by atoms with E-state index in [0.29, 0.717) is 0 Å². The SMILES string of the molecule is CCC(N)Cc1ccc(Sc2cnn(C)c2)cc1Cl. The van der Waals surface area contributed by atoms with Crippen molar-refractivity contribution in [3.05, 3.63) is 41.2 Å². The molecule has 102 valence electrons. The average molecular weight is 296 g/mol. The first-order chi connectivity index (χ1) is 9.08. The molecule has 1 aromatic heterocycles. The molecule has 0 aliphatic heterocycles. The fourth-order valence-corrected chi connectivity index (χ4v) is 2.98. The van der Waals surface area contributed by atoms with Crippen molar-refractivity contribution in [3.63, 3.8) is 0 Å². The van der Waals surface area contributed by atoms with E-state index in [-0.39, 0.29) is 6.04 Å². The Morgan fingerprint density at radius 1 is 1.42 bits per heavy atom. The molecule has 0 saturated carbocycles. The van der Waals surface area contributed by atoms with Crippen LogP contribution in [0, 0.1) is 0 Å². The number of nitrogens with zero attached hydrogens (tertiary/aromatic N) is 2. The number of halogens is 1. The number of aryl methyl sites for hydroxylation is 1. The van der Waals surface area contributed by atoms with Crippen molar-refractivity contribution in [2.75, 3.05) is 0 Å². The van der Waals surface area contributed by atoms with Gasteiger partial charge in [-0.25, -0.2) is 0 Å². The summed E-state index contributed by atoms with van der Waals surface area (Å²) in [7, 11) is 1.91. The molecule has 19 heavy (non-hydrogen) atoms. The summed E-state index contributed by atoms with van der Waals surface area (Å²) in [5, 5.41) is 4.94. The van der Waals surface area contributed by atoms with Gasteiger partial charge in [0.25, 0.3) is 0 Å². The van der Waals surface area contributed by atoms with Crippen LogP contribution in [0.3, 0.4) is 0 Å². The van der Waals surface area contributed by atoms with Crippen molar-refractivity contribution in [2.45, 2.75) is 35.6 Å². The third-order valence-corrected chi connectivity index (χ3v) is 4.24. The van der Waals surface area contributed by atoms with Crippen LogP contribution >= 0.6 is 23.4 Å². The van der Waals surface area contributed by atoms with E-state index >= 15 is 0 Å². The number of hydrogen-bond donors (Lipinski definition) is 1. The fourth-order valence-electron chi connectivity index (χ4n) is 1.77. The number of aromatic nitrogens is 2. The predicted molar refractivity (Wildman–Crippen MR) is 80.8 cm³/mol. The molecule has 0 amide bonds. The molecule has 1 atom stereocenters. The standard InChI is InChI=1S/C14H18ClN3S/c1-3-11(16)6-10-4-5-12(7-14(10)15)19-13-8-17-18(2)9-13/h4-5,7-9,11H,3,6,16H2,1-2H3. The topological polar surface area (TPSA) is 43.8 Å². The molecule has 0 aliphatic carbocycles. The smallest absolute Gasteiger partial charge is 0.0629 e. The van der Waals surface area contributed by atoms with E-state index in [9.17, 15) is 0 Å². The van der Waals surface area contributed by atoms with E-state index in [1.54, 1.807) is 16.4 Å². The van der Waals surface area contributed by atoms with Gasteiger partial charge in [0.15, 0.2) is 0 Å². The highest BCUT2D eigenvalue weighted by Gasteiger charge is 2.07. The van der Waals surface area contributed by atoms with Gasteiger partial charge in [-0.3, -0.25) is 4.68 Å². The number of benzene rings is 1. The van der Waals surface area contributed by atoms with Gasteiger partial charge in [-0.1, -0.05) is 36.4 Å². The van der Waals surface area contributed by atoms with Gasteiger partial charge in [-0.2, -0.15) is 5.10 Å². The molecular formula is C14H18ClN3S. The quantitative estimate of drug-likeness (QED) is 0.918. The summed E-state index contributed by atoms with van der Waals surface area (Å²) in [6, 6.07) is 6.32. The number of nitrogens with two attached hydrogens (primary N) is 1. The minimum Gasteiger partial charge on any atom is -0.327 e. The van der Waals surface area contributed by atoms with Gasteiger partial charge in [0.05, 0.1) is 11.1 Å². The summed E-state index contributed by atoms with van der Waals surface area (Å²) in [5.74, 6) is 0. The number of hydrogen-bond acceptors (Lipinski definition) is 3. The van der Waals surface area contributed by atoms with Crippen LogP contribution < -0.4 is 5.73 Å². The first-order valence-electron chi connectivity index (χ1n) is 6.29. The minimum absolute atomic E-state index is 0.175. The second-order valence-corrected chi connectivity index (χ2v) is 6.13. The Hall–Kier alpha value is -0.970. The maximum absolute atomic E-state index is 6.31. The Morgan fingerprint density at radius 3 is 2.79 bits per heavy atom. The van der Waals surface area contributed by atoms with Crippen molar-refractivity contribution in [1.29, 1.82) is 0 Å². The molecule has 0 radical (unpaired) electrons. The molecule has 0 spiro atoms. The fraction of sp³-hybridized carbons (Fsp3) is 0.357. The van der Waals surface area contributed by atoms with Gasteiger partial charge < -0.3 is 5.73 Å². The Balaban J connectivity index is 2.10. The van der Waals surface area contributed by atoms with Crippen molar-refractivity contribution in [3.8, 4) is 0 Å². The second-order valence-electron chi connectivity index (χ2n) is 4.58. The Labute approximate surface area is 123 Å². The summed E-state index contributed by atoms with van der Waals surface area (Å²) >= 11 is 7.97. The van der Waals surface area contributed by atoms with E-state index < -0.39 is 0 Å². The zero-order valence-electron chi connectivity index (χ0n) is 11.1. The summed E-state index contributed by atoms with van der Waals surface area (Å²) < 4.78 is 1.79. The first kappa shape index (κ1) is 14.4. The highest BCUT2D eigenvalue weighted by molar-refractivity contribution is 7.99. The van der Waals surface area contributed by atoms with Crippen LogP contribution in [0.15, 0.2) is 40.4 Å². The van der Waals surface area contributed by atoms with Crippen LogP contribution in [-0.4, -0.2) is 15.8 Å². The molecule has 0 fully saturated rings. The maximum atomic E-state index is 6.31. The van der Waals surface area contributed by atoms with Crippen molar-refractivity contribution in [1.82, 2.24) is 9.78 Å². The lowest BCUT2D eigenvalue weighted by molar-refractivity contribution is 0.646. The van der Waals surface area contributed by atoms with Gasteiger partial charge in [-0.15, -0.1) is 0 Å². The summed E-state index contributed by atoms with van der Waals surface area (Å²) in [6.45, 7) is 2.09. The molecule has 0 aliphatic rings. The zero-order valence-corrected chi connectivity index (χ0v) is 12.7. The van der Waals surface area contributed by atoms with Crippen molar-refractivity contribution < 1.29 is 0 Å². The van der Waals surface area contributed by atoms with Crippen LogP contribution in [0.1, 0.15) is 18.9 Å². The van der Waals surface area contributed by atoms with Gasteiger partial charge in [0, 0.05) is 29.2 Å². The highest BCUT2D eigenvalue weighted by atomic mass is 35.5. The third kappa shape index (κ3) is 4.00. The van der Waals surface area contributed by atoms with E-state index in [0.717, 1.165) is 33.2 Å². The lowest BCUT2D eigenvalue weighted by atomic mass is 10.1. The van der Waals surface area contributed by atoms with Crippen molar-refractivity contribution >= 4 is 23.4 Å². The molecule has 1 heterocycles. The van der Waals surface area contributed by atoms with Gasteiger partial charge in [0.2, 0.25) is 0 Å². The molecule has 3 nitrogen and oxygen atoms in total. The van der Waals surface area contributed by atoms with Crippen LogP contribution in [0.25, 0.3) is 0 Å². The highest BCUT2D eigenvalue weighted by Crippen LogP contribution is 2.30. The second kappa shape index (κ2) is 6.46. The predicted octanol–water partition coefficient (Wildman–Crippen LogP) is 3.50. The molecule has 1 aromatic carbocycles. The first-order valence-corrected chi connectivity index (χ1v) is 7.48. The molecule has 1 unspecified atom stereocenters. The van der Waals surface area contributed by atoms with Crippen LogP contribution in [-0.2, 0) is 13.5 Å². The maximum Gasteiger partial charge on any atom is 0.0629 e. The zero-order chi connectivity index (χ0) is 13.8. The van der Waals surface area contributed by atoms with E-state index in [2.05, 4.69) is 24.2 Å². The normalized spacial score (nSPS) is 12.6. The molecule has 0 saturated heterocycles. The Kier molecular flexibility index (Phi) is 4.91. The van der Waals surface area contributed by atoms with Crippen LogP contribution in [0.4, 0.5) is 0 Å².